The number of nitrogens with zero attached hydrogens (tertiary/aromatic N) is 1. The summed E-state index contributed by atoms with van der Waals surface area (Å²) in [6, 6.07) is 0. The summed E-state index contributed by atoms with van der Waals surface area (Å²) in [6.07, 6.45) is 0.666. The van der Waals surface area contributed by atoms with Gasteiger partial charge in [0.1, 0.15) is 0 Å². The van der Waals surface area contributed by atoms with Crippen molar-refractivity contribution in [2.75, 3.05) is 21.1 Å². The van der Waals surface area contributed by atoms with Crippen LogP contribution in [0.4, 0.5) is 0 Å². The highest BCUT2D eigenvalue weighted by atomic mass is 16.4. The summed E-state index contributed by atoms with van der Waals surface area (Å²) in [5.74, 6) is -0.723. The highest BCUT2D eigenvalue weighted by molar-refractivity contribution is 5.73. The number of carboxylic acids is 1. The van der Waals surface area contributed by atoms with Crippen LogP contribution in [0.2, 0.25) is 0 Å². The number of hydrogen-bond acceptors (Lipinski definition) is 1. The second-order valence-corrected chi connectivity index (χ2v) is 6.19. The first-order valence-corrected chi connectivity index (χ1v) is 4.95. The quantitative estimate of drug-likeness (QED) is 0.708. The number of rotatable bonds is 4. The predicted molar refractivity (Wildman–Crippen MR) is 58.1 cm³/mol. The normalized spacial score (nSPS) is 14.2. The summed E-state index contributed by atoms with van der Waals surface area (Å²) in [4.78, 5) is 11.0. The molecule has 1 N–H and O–H groups in total. The standard InChI is InChI=1S/C11H23NO2/c1-10(2,9(13)14)8-11(3,4)12(5,6)7/h8H2,1-7H3/p+1. The van der Waals surface area contributed by atoms with Crippen molar-refractivity contribution in [2.24, 2.45) is 5.41 Å². The lowest BCUT2D eigenvalue weighted by atomic mass is 9.78. The average molecular weight is 202 g/mol. The Balaban J connectivity index is 4.76. The molecule has 0 aliphatic heterocycles. The number of carbonyl (C=O) groups is 1. The molecule has 14 heavy (non-hydrogen) atoms. The summed E-state index contributed by atoms with van der Waals surface area (Å²) >= 11 is 0. The molecule has 0 rings (SSSR count). The molecule has 0 radical (unpaired) electrons. The van der Waals surface area contributed by atoms with Gasteiger partial charge in [-0.1, -0.05) is 0 Å². The first-order valence-electron chi connectivity index (χ1n) is 4.95. The third-order valence-corrected chi connectivity index (χ3v) is 3.27. The molecule has 0 saturated carbocycles. The van der Waals surface area contributed by atoms with Gasteiger partial charge in [-0.3, -0.25) is 4.79 Å². The van der Waals surface area contributed by atoms with Crippen molar-refractivity contribution in [1.82, 2.24) is 0 Å². The molecule has 0 amide bonds. The monoisotopic (exact) mass is 202 g/mol. The van der Waals surface area contributed by atoms with E-state index < -0.39 is 11.4 Å². The fraction of sp³-hybridized carbons (Fsp3) is 0.909. The number of hydrogen-bond donors (Lipinski definition) is 1. The maximum Gasteiger partial charge on any atom is 0.309 e. The van der Waals surface area contributed by atoms with Crippen LogP contribution in [-0.2, 0) is 4.79 Å². The molecule has 0 bridgehead atoms. The van der Waals surface area contributed by atoms with E-state index in [1.807, 2.05) is 0 Å². The molecule has 3 nitrogen and oxygen atoms in total. The molecule has 0 saturated heterocycles. The van der Waals surface area contributed by atoms with Crippen LogP contribution in [0.3, 0.4) is 0 Å². The van der Waals surface area contributed by atoms with Gasteiger partial charge in [0, 0.05) is 6.42 Å². The molecule has 0 aromatic rings. The van der Waals surface area contributed by atoms with Gasteiger partial charge in [0.15, 0.2) is 0 Å². The summed E-state index contributed by atoms with van der Waals surface area (Å²) in [7, 11) is 6.29. The summed E-state index contributed by atoms with van der Waals surface area (Å²) < 4.78 is 0.768. The maximum absolute atomic E-state index is 11.0. The minimum Gasteiger partial charge on any atom is -0.481 e. The Labute approximate surface area is 87.3 Å². The first-order chi connectivity index (χ1) is 5.90. The van der Waals surface area contributed by atoms with Gasteiger partial charge in [0.05, 0.1) is 32.1 Å². The summed E-state index contributed by atoms with van der Waals surface area (Å²) in [5.41, 5.74) is -0.698. The molecule has 0 aromatic carbocycles. The van der Waals surface area contributed by atoms with Gasteiger partial charge < -0.3 is 9.59 Å². The minimum atomic E-state index is -0.723. The molecule has 0 unspecified atom stereocenters. The first kappa shape index (κ1) is 13.4. The molecule has 3 heteroatoms. The van der Waals surface area contributed by atoms with E-state index in [0.717, 1.165) is 4.48 Å². The van der Waals surface area contributed by atoms with E-state index in [4.69, 9.17) is 5.11 Å². The summed E-state index contributed by atoms with van der Waals surface area (Å²) in [6.45, 7) is 7.79. The molecular weight excluding hydrogens is 178 g/mol. The second-order valence-electron chi connectivity index (χ2n) is 6.19. The van der Waals surface area contributed by atoms with Crippen molar-refractivity contribution in [2.45, 2.75) is 39.7 Å². The fourth-order valence-corrected chi connectivity index (χ4v) is 1.39. The van der Waals surface area contributed by atoms with Crippen molar-refractivity contribution in [3.63, 3.8) is 0 Å². The van der Waals surface area contributed by atoms with Crippen molar-refractivity contribution >= 4 is 5.97 Å². The predicted octanol–water partition coefficient (Wildman–Crippen LogP) is 1.97. The Morgan fingerprint density at radius 3 is 1.71 bits per heavy atom. The van der Waals surface area contributed by atoms with Crippen LogP contribution in [0.1, 0.15) is 34.1 Å². The summed E-state index contributed by atoms with van der Waals surface area (Å²) in [5, 5.41) is 9.06. The van der Waals surface area contributed by atoms with Crippen LogP contribution in [0.25, 0.3) is 0 Å². The van der Waals surface area contributed by atoms with Crippen LogP contribution < -0.4 is 0 Å². The molecule has 0 fully saturated rings. The molecule has 0 atom stereocenters. The number of quaternary nitrogens is 1. The molecule has 0 aliphatic rings. The van der Waals surface area contributed by atoms with Gasteiger partial charge in [-0.2, -0.15) is 0 Å². The van der Waals surface area contributed by atoms with Crippen molar-refractivity contribution in [3.8, 4) is 0 Å². The van der Waals surface area contributed by atoms with E-state index in [2.05, 4.69) is 35.0 Å². The van der Waals surface area contributed by atoms with E-state index >= 15 is 0 Å². The third-order valence-electron chi connectivity index (χ3n) is 3.27. The van der Waals surface area contributed by atoms with Crippen LogP contribution in [0.15, 0.2) is 0 Å². The maximum atomic E-state index is 11.0. The highest BCUT2D eigenvalue weighted by Crippen LogP contribution is 2.33. The number of carboxylic acid groups (broad SMARTS) is 1. The van der Waals surface area contributed by atoms with Gasteiger partial charge >= 0.3 is 5.97 Å². The Kier molecular flexibility index (Phi) is 3.39. The molecule has 0 spiro atoms. The van der Waals surface area contributed by atoms with Gasteiger partial charge in [0.2, 0.25) is 0 Å². The van der Waals surface area contributed by atoms with Gasteiger partial charge in [-0.15, -0.1) is 0 Å². The van der Waals surface area contributed by atoms with E-state index in [-0.39, 0.29) is 5.54 Å². The lowest BCUT2D eigenvalue weighted by molar-refractivity contribution is -0.920. The van der Waals surface area contributed by atoms with E-state index in [0.29, 0.717) is 6.42 Å². The number of aliphatic carboxylic acids is 1. The second kappa shape index (κ2) is 3.54. The highest BCUT2D eigenvalue weighted by Gasteiger charge is 2.41. The molecular formula is C11H24NO2+. The smallest absolute Gasteiger partial charge is 0.309 e. The average Bonchev–Trinajstić information content (AvgIpc) is 1.80. The topological polar surface area (TPSA) is 37.3 Å². The molecule has 0 heterocycles. The molecule has 0 aromatic heterocycles. The lowest BCUT2D eigenvalue weighted by Gasteiger charge is -2.44. The third kappa shape index (κ3) is 2.98. The van der Waals surface area contributed by atoms with Crippen LogP contribution in [0.5, 0.6) is 0 Å². The SMILES string of the molecule is CC(C)(CC(C)(C)[N+](C)(C)C)C(=O)O. The zero-order chi connectivity index (χ0) is 11.8. The Bertz CT molecular complexity index is 224. The fourth-order valence-electron chi connectivity index (χ4n) is 1.39. The van der Waals surface area contributed by atoms with Crippen LogP contribution in [0, 0.1) is 5.41 Å². The van der Waals surface area contributed by atoms with Crippen molar-refractivity contribution < 1.29 is 14.4 Å². The van der Waals surface area contributed by atoms with Crippen LogP contribution in [-0.4, -0.2) is 42.2 Å². The van der Waals surface area contributed by atoms with Gasteiger partial charge in [-0.05, 0) is 27.7 Å². The van der Waals surface area contributed by atoms with Gasteiger partial charge in [0.25, 0.3) is 0 Å². The van der Waals surface area contributed by atoms with E-state index in [1.165, 1.54) is 0 Å². The van der Waals surface area contributed by atoms with Crippen molar-refractivity contribution in [3.05, 3.63) is 0 Å². The zero-order valence-electron chi connectivity index (χ0n) is 10.5. The Hall–Kier alpha value is -0.570. The zero-order valence-corrected chi connectivity index (χ0v) is 10.5. The lowest BCUT2D eigenvalue weighted by Crippen LogP contribution is -2.55. The Morgan fingerprint density at radius 1 is 1.14 bits per heavy atom. The molecule has 0 aliphatic carbocycles. The van der Waals surface area contributed by atoms with E-state index in [9.17, 15) is 4.79 Å². The van der Waals surface area contributed by atoms with Crippen LogP contribution >= 0.6 is 0 Å². The Morgan fingerprint density at radius 2 is 1.50 bits per heavy atom. The van der Waals surface area contributed by atoms with E-state index in [1.54, 1.807) is 13.8 Å². The molecule has 84 valence electrons. The van der Waals surface area contributed by atoms with Gasteiger partial charge in [-0.25, -0.2) is 0 Å². The minimum absolute atomic E-state index is 0.0398. The van der Waals surface area contributed by atoms with Crippen molar-refractivity contribution in [1.29, 1.82) is 0 Å². The largest absolute Gasteiger partial charge is 0.481 e.